The van der Waals surface area contributed by atoms with Crippen molar-refractivity contribution < 1.29 is 4.79 Å². The predicted octanol–water partition coefficient (Wildman–Crippen LogP) is 7.23. The molecule has 0 saturated carbocycles. The number of carbonyl (C=O) groups excluding carboxylic acids is 1. The van der Waals surface area contributed by atoms with E-state index in [2.05, 4.69) is 66.3 Å². The number of rotatable bonds is 6. The van der Waals surface area contributed by atoms with Gasteiger partial charge in [-0.25, -0.2) is 4.99 Å². The number of amides is 1. The van der Waals surface area contributed by atoms with E-state index in [1.54, 1.807) is 0 Å². The Labute approximate surface area is 228 Å². The Balaban J connectivity index is 1.31. The molecule has 2 fully saturated rings. The van der Waals surface area contributed by atoms with Gasteiger partial charge in [-0.1, -0.05) is 42.5 Å². The summed E-state index contributed by atoms with van der Waals surface area (Å²) < 4.78 is 0. The van der Waals surface area contributed by atoms with Crippen LogP contribution in [0.25, 0.3) is 17.0 Å². The van der Waals surface area contributed by atoms with Crippen LogP contribution in [0.15, 0.2) is 82.8 Å². The molecule has 1 aromatic heterocycles. The lowest BCUT2D eigenvalue weighted by Gasteiger charge is -2.22. The second-order valence-electron chi connectivity index (χ2n) is 10.0. The quantitative estimate of drug-likeness (QED) is 0.273. The maximum absolute atomic E-state index is 13.7. The van der Waals surface area contributed by atoms with Crippen molar-refractivity contribution in [3.8, 4) is 0 Å². The molecule has 2 saturated heterocycles. The van der Waals surface area contributed by atoms with Gasteiger partial charge in [-0.05, 0) is 97.5 Å². The molecule has 6 heteroatoms. The molecule has 4 aromatic rings. The lowest BCUT2D eigenvalue weighted by Crippen LogP contribution is -2.31. The number of anilines is 1. The van der Waals surface area contributed by atoms with Crippen LogP contribution in [0.1, 0.15) is 35.1 Å². The number of H-pyrrole nitrogens is 1. The van der Waals surface area contributed by atoms with Crippen molar-refractivity contribution in [1.29, 1.82) is 0 Å². The summed E-state index contributed by atoms with van der Waals surface area (Å²) in [7, 11) is 0. The minimum atomic E-state index is 0.0187. The number of aromatic amines is 1. The average molecular weight is 521 g/mol. The number of amidine groups is 1. The van der Waals surface area contributed by atoms with E-state index in [4.69, 9.17) is 4.99 Å². The van der Waals surface area contributed by atoms with Crippen molar-refractivity contribution in [1.82, 2.24) is 9.88 Å². The van der Waals surface area contributed by atoms with Crippen molar-refractivity contribution in [3.05, 3.63) is 100 Å². The molecule has 1 amide bonds. The Morgan fingerprint density at radius 3 is 2.53 bits per heavy atom. The van der Waals surface area contributed by atoms with Gasteiger partial charge < -0.3 is 9.88 Å². The molecular formula is C32H32N4OS. The van der Waals surface area contributed by atoms with Gasteiger partial charge in [-0.3, -0.25) is 9.69 Å². The topological polar surface area (TPSA) is 51.7 Å². The van der Waals surface area contributed by atoms with E-state index < -0.39 is 0 Å². The fraction of sp³-hybridized carbons (Fsp3) is 0.250. The van der Waals surface area contributed by atoms with Crippen LogP contribution in [0.3, 0.4) is 0 Å². The van der Waals surface area contributed by atoms with E-state index in [0.29, 0.717) is 6.54 Å². The number of hydrogen-bond acceptors (Lipinski definition) is 4. The second-order valence-corrected chi connectivity index (χ2v) is 11.0. The van der Waals surface area contributed by atoms with Gasteiger partial charge in [-0.2, -0.15) is 0 Å². The first-order valence-corrected chi connectivity index (χ1v) is 14.2. The summed E-state index contributed by atoms with van der Waals surface area (Å²) in [4.78, 5) is 27.0. The van der Waals surface area contributed by atoms with Gasteiger partial charge in [-0.15, -0.1) is 0 Å². The molecule has 3 heterocycles. The number of hydrogen-bond donors (Lipinski definition) is 1. The molecule has 0 spiro atoms. The highest BCUT2D eigenvalue weighted by Gasteiger charge is 2.33. The number of aliphatic imine (C=N–C) groups is 1. The first-order chi connectivity index (χ1) is 18.6. The van der Waals surface area contributed by atoms with E-state index in [9.17, 15) is 4.79 Å². The molecule has 0 unspecified atom stereocenters. The minimum Gasteiger partial charge on any atom is -0.371 e. The monoisotopic (exact) mass is 520 g/mol. The van der Waals surface area contributed by atoms with Gasteiger partial charge in [0, 0.05) is 42.4 Å². The molecule has 192 valence electrons. The van der Waals surface area contributed by atoms with Crippen molar-refractivity contribution in [2.75, 3.05) is 24.5 Å². The SMILES string of the molecule is Cc1c(/C=C2\SC(=Nc3ccccc3)N(CCc3c[nH]c4ccccc34)C2=O)ccc(N2CCCC2)c1C. The van der Waals surface area contributed by atoms with Crippen LogP contribution in [0.5, 0.6) is 0 Å². The number of aromatic nitrogens is 1. The Morgan fingerprint density at radius 2 is 1.71 bits per heavy atom. The molecule has 0 atom stereocenters. The van der Waals surface area contributed by atoms with Crippen LogP contribution in [-0.4, -0.2) is 40.6 Å². The number of benzene rings is 3. The van der Waals surface area contributed by atoms with Crippen LogP contribution >= 0.6 is 11.8 Å². The molecule has 38 heavy (non-hydrogen) atoms. The third-order valence-corrected chi connectivity index (χ3v) is 8.69. The largest absolute Gasteiger partial charge is 0.371 e. The number of nitrogens with zero attached hydrogens (tertiary/aromatic N) is 3. The van der Waals surface area contributed by atoms with Crippen molar-refractivity contribution in [3.63, 3.8) is 0 Å². The highest BCUT2D eigenvalue weighted by atomic mass is 32.2. The Kier molecular flexibility index (Phi) is 6.81. The molecule has 2 aliphatic rings. The number of thioether (sulfide) groups is 1. The summed E-state index contributed by atoms with van der Waals surface area (Å²) in [6.45, 7) is 7.19. The van der Waals surface area contributed by atoms with E-state index >= 15 is 0 Å². The van der Waals surface area contributed by atoms with Gasteiger partial charge in [0.25, 0.3) is 5.91 Å². The first kappa shape index (κ1) is 24.6. The first-order valence-electron chi connectivity index (χ1n) is 13.3. The average Bonchev–Trinajstić information content (AvgIpc) is 3.67. The van der Waals surface area contributed by atoms with Crippen LogP contribution in [-0.2, 0) is 11.2 Å². The van der Waals surface area contributed by atoms with Crippen LogP contribution in [0, 0.1) is 13.8 Å². The summed E-state index contributed by atoms with van der Waals surface area (Å²) in [6, 6.07) is 22.6. The molecule has 2 aliphatic heterocycles. The molecule has 0 bridgehead atoms. The van der Waals surface area contributed by atoms with Crippen molar-refractivity contribution >= 4 is 51.2 Å². The maximum atomic E-state index is 13.7. The highest BCUT2D eigenvalue weighted by molar-refractivity contribution is 8.18. The Morgan fingerprint density at radius 1 is 0.947 bits per heavy atom. The van der Waals surface area contributed by atoms with Gasteiger partial charge in [0.2, 0.25) is 0 Å². The zero-order valence-corrected chi connectivity index (χ0v) is 22.7. The van der Waals surface area contributed by atoms with Crippen LogP contribution in [0.4, 0.5) is 11.4 Å². The molecule has 5 nitrogen and oxygen atoms in total. The van der Waals surface area contributed by atoms with Gasteiger partial charge in [0.05, 0.1) is 10.6 Å². The minimum absolute atomic E-state index is 0.0187. The normalized spacial score (nSPS) is 18.0. The summed E-state index contributed by atoms with van der Waals surface area (Å²) >= 11 is 1.47. The number of fused-ring (bicyclic) bond motifs is 1. The summed E-state index contributed by atoms with van der Waals surface area (Å²) in [5, 5.41) is 1.93. The zero-order chi connectivity index (χ0) is 26.1. The summed E-state index contributed by atoms with van der Waals surface area (Å²) in [5.74, 6) is 0.0187. The van der Waals surface area contributed by atoms with Gasteiger partial charge >= 0.3 is 0 Å². The van der Waals surface area contributed by atoms with Gasteiger partial charge in [0.1, 0.15) is 0 Å². The number of para-hydroxylation sites is 2. The molecule has 6 rings (SSSR count). The smallest absolute Gasteiger partial charge is 0.266 e. The second kappa shape index (κ2) is 10.5. The lowest BCUT2D eigenvalue weighted by atomic mass is 10.0. The molecule has 1 N–H and O–H groups in total. The summed E-state index contributed by atoms with van der Waals surface area (Å²) in [5.41, 5.74) is 8.12. The molecular weight excluding hydrogens is 488 g/mol. The predicted molar refractivity (Wildman–Crippen MR) is 160 cm³/mol. The van der Waals surface area contributed by atoms with Crippen molar-refractivity contribution in [2.24, 2.45) is 4.99 Å². The van der Waals surface area contributed by atoms with E-state index in [1.165, 1.54) is 52.4 Å². The fourth-order valence-electron chi connectivity index (χ4n) is 5.40. The van der Waals surface area contributed by atoms with E-state index in [-0.39, 0.29) is 5.91 Å². The number of nitrogens with one attached hydrogen (secondary N) is 1. The Bertz CT molecular complexity index is 1550. The zero-order valence-electron chi connectivity index (χ0n) is 21.9. The highest BCUT2D eigenvalue weighted by Crippen LogP contribution is 2.36. The van der Waals surface area contributed by atoms with Crippen molar-refractivity contribution in [2.45, 2.75) is 33.1 Å². The third-order valence-electron chi connectivity index (χ3n) is 7.68. The molecule has 3 aromatic carbocycles. The van der Waals surface area contributed by atoms with E-state index in [0.717, 1.165) is 46.4 Å². The standard InChI is InChI=1S/C32H32N4OS/c1-22-23(2)29(35-17-8-9-18-35)15-14-24(22)20-30-31(37)36(32(38-30)34-26-10-4-3-5-11-26)19-16-25-21-33-28-13-7-6-12-27(25)28/h3-7,10-15,20-21,33H,8-9,16-19H2,1-2H3/b30-20-,34-32?. The van der Waals surface area contributed by atoms with Crippen LogP contribution in [0.2, 0.25) is 0 Å². The lowest BCUT2D eigenvalue weighted by molar-refractivity contribution is -0.122. The third kappa shape index (κ3) is 4.76. The fourth-order valence-corrected chi connectivity index (χ4v) is 6.41. The molecule has 0 aliphatic carbocycles. The van der Waals surface area contributed by atoms with Gasteiger partial charge in [0.15, 0.2) is 5.17 Å². The van der Waals surface area contributed by atoms with E-state index in [1.807, 2.05) is 41.3 Å². The number of carbonyl (C=O) groups is 1. The Hall–Kier alpha value is -3.77. The molecule has 0 radical (unpaired) electrons. The summed E-state index contributed by atoms with van der Waals surface area (Å²) in [6.07, 6.45) is 7.37. The van der Waals surface area contributed by atoms with Crippen LogP contribution < -0.4 is 4.90 Å². The maximum Gasteiger partial charge on any atom is 0.266 e.